The fourth-order valence-corrected chi connectivity index (χ4v) is 1.87. The Kier molecular flexibility index (Phi) is 4.23. The van der Waals surface area contributed by atoms with E-state index in [0.29, 0.717) is 12.4 Å². The normalized spacial score (nSPS) is 12.3. The van der Waals surface area contributed by atoms with Gasteiger partial charge in [-0.15, -0.1) is 0 Å². The van der Waals surface area contributed by atoms with Crippen LogP contribution in [0, 0.1) is 0 Å². The van der Waals surface area contributed by atoms with Crippen LogP contribution in [0.5, 0.6) is 0 Å². The zero-order valence-corrected chi connectivity index (χ0v) is 12.0. The number of nitrogens with zero attached hydrogens (tertiary/aromatic N) is 3. The van der Waals surface area contributed by atoms with Crippen LogP contribution in [0.25, 0.3) is 0 Å². The first-order chi connectivity index (χ1) is 9.35. The maximum absolute atomic E-state index is 12.7. The summed E-state index contributed by atoms with van der Waals surface area (Å²) in [4.78, 5) is 3.97. The Balaban J connectivity index is 2.01. The molecule has 0 bridgehead atoms. The third kappa shape index (κ3) is 3.90. The van der Waals surface area contributed by atoms with Crippen molar-refractivity contribution in [2.45, 2.75) is 45.9 Å². The van der Waals surface area contributed by atoms with Crippen LogP contribution in [0.2, 0.25) is 0 Å². The van der Waals surface area contributed by atoms with Crippen molar-refractivity contribution >= 4 is 0 Å². The highest BCUT2D eigenvalue weighted by molar-refractivity contribution is 5.11. The molecule has 0 radical (unpaired) electrons. The molecule has 0 spiro atoms. The molecular formula is C14H20F2N4. The van der Waals surface area contributed by atoms with Gasteiger partial charge in [0.05, 0.1) is 6.54 Å². The molecule has 6 heteroatoms. The number of rotatable bonds is 5. The van der Waals surface area contributed by atoms with Crippen molar-refractivity contribution in [3.8, 4) is 0 Å². The van der Waals surface area contributed by atoms with Gasteiger partial charge in [-0.25, -0.2) is 4.98 Å². The highest BCUT2D eigenvalue weighted by atomic mass is 19.3. The van der Waals surface area contributed by atoms with Crippen LogP contribution >= 0.6 is 0 Å². The van der Waals surface area contributed by atoms with Crippen molar-refractivity contribution < 1.29 is 8.78 Å². The van der Waals surface area contributed by atoms with Crippen LogP contribution < -0.4 is 5.32 Å². The largest absolute Gasteiger partial charge is 0.346 e. The van der Waals surface area contributed by atoms with Crippen LogP contribution in [0.1, 0.15) is 38.7 Å². The Bertz CT molecular complexity index is 552. The number of nitrogens with one attached hydrogen (secondary N) is 1. The SMILES string of the molecule is CC(C)(C)NCc1ccn(Cc2nccn2C(F)F)c1. The van der Waals surface area contributed by atoms with Gasteiger partial charge in [0.2, 0.25) is 0 Å². The van der Waals surface area contributed by atoms with E-state index in [9.17, 15) is 8.78 Å². The molecule has 0 amide bonds. The number of hydrogen-bond donors (Lipinski definition) is 1. The van der Waals surface area contributed by atoms with Crippen LogP contribution in [0.3, 0.4) is 0 Å². The Labute approximate surface area is 117 Å². The van der Waals surface area contributed by atoms with Gasteiger partial charge in [0, 0.05) is 36.9 Å². The third-order valence-electron chi connectivity index (χ3n) is 2.92. The van der Waals surface area contributed by atoms with Crippen LogP contribution in [0.4, 0.5) is 8.78 Å². The molecule has 110 valence electrons. The fraction of sp³-hybridized carbons (Fsp3) is 0.500. The highest BCUT2D eigenvalue weighted by Crippen LogP contribution is 2.14. The molecule has 0 fully saturated rings. The molecule has 2 rings (SSSR count). The lowest BCUT2D eigenvalue weighted by Crippen LogP contribution is -2.34. The van der Waals surface area contributed by atoms with Gasteiger partial charge in [-0.3, -0.25) is 4.57 Å². The van der Waals surface area contributed by atoms with Gasteiger partial charge >= 0.3 is 6.55 Å². The lowest BCUT2D eigenvalue weighted by atomic mass is 10.1. The summed E-state index contributed by atoms with van der Waals surface area (Å²) in [6, 6.07) is 1.98. The molecule has 0 unspecified atom stereocenters. The summed E-state index contributed by atoms with van der Waals surface area (Å²) < 4.78 is 28.2. The molecule has 0 saturated carbocycles. The molecule has 2 aromatic heterocycles. The van der Waals surface area contributed by atoms with Gasteiger partial charge in [-0.1, -0.05) is 0 Å². The summed E-state index contributed by atoms with van der Waals surface area (Å²) in [6.07, 6.45) is 6.52. The predicted molar refractivity (Wildman–Crippen MR) is 73.6 cm³/mol. The van der Waals surface area contributed by atoms with Crippen LogP contribution in [-0.4, -0.2) is 19.7 Å². The summed E-state index contributed by atoms with van der Waals surface area (Å²) in [6.45, 7) is 4.84. The van der Waals surface area contributed by atoms with Gasteiger partial charge in [0.25, 0.3) is 0 Å². The average molecular weight is 282 g/mol. The first kappa shape index (κ1) is 14.7. The van der Waals surface area contributed by atoms with Crippen molar-refractivity contribution in [3.05, 3.63) is 42.2 Å². The number of hydrogen-bond acceptors (Lipinski definition) is 2. The average Bonchev–Trinajstić information content (AvgIpc) is 2.95. The smallest absolute Gasteiger partial charge is 0.319 e. The molecule has 2 aromatic rings. The second kappa shape index (κ2) is 5.75. The maximum atomic E-state index is 12.7. The second-order valence-electron chi connectivity index (χ2n) is 5.82. The lowest BCUT2D eigenvalue weighted by Gasteiger charge is -2.19. The van der Waals surface area contributed by atoms with E-state index in [1.54, 1.807) is 0 Å². The third-order valence-corrected chi connectivity index (χ3v) is 2.92. The minimum Gasteiger partial charge on any atom is -0.346 e. The highest BCUT2D eigenvalue weighted by Gasteiger charge is 2.12. The maximum Gasteiger partial charge on any atom is 0.319 e. The minimum atomic E-state index is -2.55. The van der Waals surface area contributed by atoms with E-state index in [2.05, 4.69) is 31.1 Å². The number of halogens is 2. The summed E-state index contributed by atoms with van der Waals surface area (Å²) in [5, 5.41) is 3.39. The zero-order valence-electron chi connectivity index (χ0n) is 12.0. The quantitative estimate of drug-likeness (QED) is 0.915. The van der Waals surface area contributed by atoms with E-state index < -0.39 is 6.55 Å². The Hall–Kier alpha value is -1.69. The number of aromatic nitrogens is 3. The molecule has 2 heterocycles. The Morgan fingerprint density at radius 3 is 2.70 bits per heavy atom. The van der Waals surface area contributed by atoms with E-state index in [1.807, 2.05) is 23.0 Å². The van der Waals surface area contributed by atoms with Gasteiger partial charge in [-0.2, -0.15) is 8.78 Å². The molecule has 0 aliphatic heterocycles. The molecule has 0 aromatic carbocycles. The first-order valence-corrected chi connectivity index (χ1v) is 6.55. The molecule has 1 N–H and O–H groups in total. The monoisotopic (exact) mass is 282 g/mol. The Morgan fingerprint density at radius 2 is 2.05 bits per heavy atom. The van der Waals surface area contributed by atoms with Gasteiger partial charge in [0.1, 0.15) is 5.82 Å². The van der Waals surface area contributed by atoms with Crippen molar-refractivity contribution in [1.82, 2.24) is 19.4 Å². The summed E-state index contributed by atoms with van der Waals surface area (Å²) >= 11 is 0. The molecule has 20 heavy (non-hydrogen) atoms. The summed E-state index contributed by atoms with van der Waals surface area (Å²) in [5.74, 6) is 0.353. The van der Waals surface area contributed by atoms with Gasteiger partial charge in [0.15, 0.2) is 0 Å². The lowest BCUT2D eigenvalue weighted by molar-refractivity contribution is 0.0667. The van der Waals surface area contributed by atoms with E-state index in [4.69, 9.17) is 0 Å². The topological polar surface area (TPSA) is 34.8 Å². The molecule has 0 aliphatic carbocycles. The zero-order chi connectivity index (χ0) is 14.8. The van der Waals surface area contributed by atoms with Crippen LogP contribution in [-0.2, 0) is 13.1 Å². The molecule has 0 atom stereocenters. The standard InChI is InChI=1S/C14H20F2N4/c1-14(2,3)18-8-11-4-6-19(9-11)10-12-17-5-7-20(12)13(15)16/h4-7,9,13,18H,8,10H2,1-3H3. The summed E-state index contributed by atoms with van der Waals surface area (Å²) in [7, 11) is 0. The van der Waals surface area contributed by atoms with Gasteiger partial charge in [-0.05, 0) is 32.4 Å². The van der Waals surface area contributed by atoms with Gasteiger partial charge < -0.3 is 9.88 Å². The molecule has 0 aliphatic rings. The molecule has 4 nitrogen and oxygen atoms in total. The van der Waals surface area contributed by atoms with E-state index in [0.717, 1.165) is 16.7 Å². The fourth-order valence-electron chi connectivity index (χ4n) is 1.87. The van der Waals surface area contributed by atoms with Crippen molar-refractivity contribution in [2.75, 3.05) is 0 Å². The number of alkyl halides is 2. The van der Waals surface area contributed by atoms with Crippen molar-refractivity contribution in [1.29, 1.82) is 0 Å². The minimum absolute atomic E-state index is 0.0496. The molecular weight excluding hydrogens is 262 g/mol. The Morgan fingerprint density at radius 1 is 1.30 bits per heavy atom. The molecule has 0 saturated heterocycles. The number of imidazole rings is 1. The second-order valence-corrected chi connectivity index (χ2v) is 5.82. The van der Waals surface area contributed by atoms with Crippen molar-refractivity contribution in [3.63, 3.8) is 0 Å². The van der Waals surface area contributed by atoms with E-state index in [-0.39, 0.29) is 5.54 Å². The van der Waals surface area contributed by atoms with E-state index >= 15 is 0 Å². The predicted octanol–water partition coefficient (Wildman–Crippen LogP) is 3.02. The summed E-state index contributed by atoms with van der Waals surface area (Å²) in [5.41, 5.74) is 1.17. The van der Waals surface area contributed by atoms with E-state index in [1.165, 1.54) is 12.4 Å². The van der Waals surface area contributed by atoms with Crippen LogP contribution in [0.15, 0.2) is 30.9 Å². The first-order valence-electron chi connectivity index (χ1n) is 6.55. The van der Waals surface area contributed by atoms with Crippen molar-refractivity contribution in [2.24, 2.45) is 0 Å².